The van der Waals surface area contributed by atoms with Crippen LogP contribution in [0.1, 0.15) is 31.2 Å². The van der Waals surface area contributed by atoms with E-state index in [-0.39, 0.29) is 0 Å². The van der Waals surface area contributed by atoms with Gasteiger partial charge in [0.05, 0.1) is 0 Å². The first kappa shape index (κ1) is 10.4. The third kappa shape index (κ3) is 2.93. The molecule has 3 nitrogen and oxygen atoms in total. The van der Waals surface area contributed by atoms with Crippen LogP contribution in [0.5, 0.6) is 5.88 Å². The molecule has 1 aliphatic carbocycles. The van der Waals surface area contributed by atoms with Gasteiger partial charge in [0, 0.05) is 18.3 Å². The van der Waals surface area contributed by atoms with Crippen LogP contribution < -0.4 is 10.5 Å². The molecule has 0 atom stereocenters. The molecule has 1 aromatic rings. The number of ether oxygens (including phenoxy) is 1. The largest absolute Gasteiger partial charge is 0.474 e. The van der Waals surface area contributed by atoms with Crippen molar-refractivity contribution in [1.29, 1.82) is 0 Å². The van der Waals surface area contributed by atoms with E-state index >= 15 is 0 Å². The van der Waals surface area contributed by atoms with E-state index in [1.807, 2.05) is 19.1 Å². The molecule has 1 saturated carbocycles. The Bertz CT molecular complexity index is 319. The minimum Gasteiger partial charge on any atom is -0.474 e. The van der Waals surface area contributed by atoms with Crippen LogP contribution in [0.3, 0.4) is 0 Å². The normalized spacial score (nSPS) is 26.3. The molecule has 1 aromatic heterocycles. The number of rotatable bonds is 2. The standard InChI is InChI=1S/C12H18N2O/c1-9-6-7-14-12(8-9)15-11-4-2-10(13)3-5-11/h6-8,10-11H,2-5,13H2,1H3. The minimum atomic E-state index is 0.305. The van der Waals surface area contributed by atoms with Crippen molar-refractivity contribution in [2.75, 3.05) is 0 Å². The van der Waals surface area contributed by atoms with Gasteiger partial charge in [0.25, 0.3) is 0 Å². The third-order valence-electron chi connectivity index (χ3n) is 2.90. The lowest BCUT2D eigenvalue weighted by molar-refractivity contribution is 0.141. The minimum absolute atomic E-state index is 0.305. The number of pyridine rings is 1. The predicted octanol–water partition coefficient (Wildman–Crippen LogP) is 2.04. The van der Waals surface area contributed by atoms with Crippen molar-refractivity contribution in [3.63, 3.8) is 0 Å². The van der Waals surface area contributed by atoms with Gasteiger partial charge in [-0.3, -0.25) is 0 Å². The maximum Gasteiger partial charge on any atom is 0.213 e. The molecule has 2 rings (SSSR count). The second kappa shape index (κ2) is 4.62. The maximum atomic E-state index is 5.84. The van der Waals surface area contributed by atoms with E-state index in [1.165, 1.54) is 5.56 Å². The van der Waals surface area contributed by atoms with E-state index in [2.05, 4.69) is 4.98 Å². The van der Waals surface area contributed by atoms with E-state index in [0.29, 0.717) is 12.1 Å². The van der Waals surface area contributed by atoms with Crippen molar-refractivity contribution in [3.05, 3.63) is 23.9 Å². The van der Waals surface area contributed by atoms with Crippen LogP contribution in [-0.4, -0.2) is 17.1 Å². The Morgan fingerprint density at radius 1 is 1.33 bits per heavy atom. The Morgan fingerprint density at radius 2 is 2.07 bits per heavy atom. The topological polar surface area (TPSA) is 48.1 Å². The molecule has 1 heterocycles. The number of nitrogens with zero attached hydrogens (tertiary/aromatic N) is 1. The Labute approximate surface area is 90.7 Å². The number of hydrogen-bond acceptors (Lipinski definition) is 3. The molecular formula is C12H18N2O. The van der Waals surface area contributed by atoms with Crippen molar-refractivity contribution in [1.82, 2.24) is 4.98 Å². The van der Waals surface area contributed by atoms with Crippen molar-refractivity contribution in [2.24, 2.45) is 5.73 Å². The molecule has 3 heteroatoms. The monoisotopic (exact) mass is 206 g/mol. The fraction of sp³-hybridized carbons (Fsp3) is 0.583. The highest BCUT2D eigenvalue weighted by Gasteiger charge is 2.19. The van der Waals surface area contributed by atoms with Crippen molar-refractivity contribution in [2.45, 2.75) is 44.8 Å². The van der Waals surface area contributed by atoms with Gasteiger partial charge in [-0.25, -0.2) is 4.98 Å². The predicted molar refractivity (Wildman–Crippen MR) is 59.8 cm³/mol. The first-order valence-corrected chi connectivity index (χ1v) is 5.59. The molecule has 0 aliphatic heterocycles. The summed E-state index contributed by atoms with van der Waals surface area (Å²) < 4.78 is 5.82. The van der Waals surface area contributed by atoms with Crippen LogP contribution >= 0.6 is 0 Å². The van der Waals surface area contributed by atoms with Gasteiger partial charge in [-0.05, 0) is 44.2 Å². The number of nitrogens with two attached hydrogens (primary N) is 1. The molecule has 15 heavy (non-hydrogen) atoms. The van der Waals surface area contributed by atoms with Gasteiger partial charge >= 0.3 is 0 Å². The van der Waals surface area contributed by atoms with Gasteiger partial charge in [-0.1, -0.05) is 0 Å². The number of aryl methyl sites for hydroxylation is 1. The van der Waals surface area contributed by atoms with Gasteiger partial charge < -0.3 is 10.5 Å². The van der Waals surface area contributed by atoms with Crippen LogP contribution in [0, 0.1) is 6.92 Å². The average Bonchev–Trinajstić information content (AvgIpc) is 2.22. The maximum absolute atomic E-state index is 5.84. The van der Waals surface area contributed by atoms with E-state index in [4.69, 9.17) is 10.5 Å². The summed E-state index contributed by atoms with van der Waals surface area (Å²) in [5, 5.41) is 0. The fourth-order valence-electron chi connectivity index (χ4n) is 1.95. The highest BCUT2D eigenvalue weighted by Crippen LogP contribution is 2.21. The highest BCUT2D eigenvalue weighted by molar-refractivity contribution is 5.18. The summed E-state index contributed by atoms with van der Waals surface area (Å²) in [6.07, 6.45) is 6.33. The summed E-state index contributed by atoms with van der Waals surface area (Å²) in [7, 11) is 0. The molecule has 2 N–H and O–H groups in total. The number of hydrogen-bond donors (Lipinski definition) is 1. The van der Waals surface area contributed by atoms with Crippen LogP contribution in [-0.2, 0) is 0 Å². The first-order chi connectivity index (χ1) is 7.24. The van der Waals surface area contributed by atoms with Crippen LogP contribution in [0.2, 0.25) is 0 Å². The van der Waals surface area contributed by atoms with Crippen LogP contribution in [0.4, 0.5) is 0 Å². The summed E-state index contributed by atoms with van der Waals surface area (Å²) >= 11 is 0. The van der Waals surface area contributed by atoms with Gasteiger partial charge in [-0.15, -0.1) is 0 Å². The molecule has 0 bridgehead atoms. The quantitative estimate of drug-likeness (QED) is 0.805. The SMILES string of the molecule is Cc1ccnc(OC2CCC(N)CC2)c1. The Kier molecular flexibility index (Phi) is 3.21. The average molecular weight is 206 g/mol. The third-order valence-corrected chi connectivity index (χ3v) is 2.90. The number of aromatic nitrogens is 1. The van der Waals surface area contributed by atoms with Gasteiger partial charge in [-0.2, -0.15) is 0 Å². The first-order valence-electron chi connectivity index (χ1n) is 5.59. The lowest BCUT2D eigenvalue weighted by atomic mass is 9.94. The van der Waals surface area contributed by atoms with Crippen molar-refractivity contribution >= 4 is 0 Å². The van der Waals surface area contributed by atoms with Crippen molar-refractivity contribution in [3.8, 4) is 5.88 Å². The molecule has 0 spiro atoms. The van der Waals surface area contributed by atoms with E-state index in [9.17, 15) is 0 Å². The summed E-state index contributed by atoms with van der Waals surface area (Å²) in [6.45, 7) is 2.05. The Hall–Kier alpha value is -1.09. The Balaban J connectivity index is 1.92. The summed E-state index contributed by atoms with van der Waals surface area (Å²) in [5.74, 6) is 0.746. The zero-order chi connectivity index (χ0) is 10.7. The molecule has 0 saturated heterocycles. The Morgan fingerprint density at radius 3 is 2.73 bits per heavy atom. The molecular weight excluding hydrogens is 188 g/mol. The van der Waals surface area contributed by atoms with E-state index in [1.54, 1.807) is 6.20 Å². The molecule has 1 fully saturated rings. The molecule has 0 unspecified atom stereocenters. The van der Waals surface area contributed by atoms with Gasteiger partial charge in [0.2, 0.25) is 5.88 Å². The lowest BCUT2D eigenvalue weighted by Gasteiger charge is -2.26. The molecule has 0 radical (unpaired) electrons. The smallest absolute Gasteiger partial charge is 0.213 e. The zero-order valence-corrected chi connectivity index (χ0v) is 9.15. The molecule has 1 aliphatic rings. The molecule has 0 amide bonds. The zero-order valence-electron chi connectivity index (χ0n) is 9.15. The molecule has 0 aromatic carbocycles. The lowest BCUT2D eigenvalue weighted by Crippen LogP contribution is -2.31. The van der Waals surface area contributed by atoms with E-state index in [0.717, 1.165) is 31.6 Å². The van der Waals surface area contributed by atoms with E-state index < -0.39 is 0 Å². The summed E-state index contributed by atoms with van der Waals surface area (Å²) in [4.78, 5) is 4.20. The van der Waals surface area contributed by atoms with Crippen LogP contribution in [0.25, 0.3) is 0 Å². The van der Waals surface area contributed by atoms with Gasteiger partial charge in [0.15, 0.2) is 0 Å². The summed E-state index contributed by atoms with van der Waals surface area (Å²) in [6, 6.07) is 4.33. The van der Waals surface area contributed by atoms with Crippen LogP contribution in [0.15, 0.2) is 18.3 Å². The van der Waals surface area contributed by atoms with Gasteiger partial charge in [0.1, 0.15) is 6.10 Å². The summed E-state index contributed by atoms with van der Waals surface area (Å²) in [5.41, 5.74) is 7.03. The second-order valence-corrected chi connectivity index (χ2v) is 4.33. The van der Waals surface area contributed by atoms with Crippen molar-refractivity contribution < 1.29 is 4.74 Å². The highest BCUT2D eigenvalue weighted by atomic mass is 16.5. The fourth-order valence-corrected chi connectivity index (χ4v) is 1.95. The molecule has 82 valence electrons. The second-order valence-electron chi connectivity index (χ2n) is 4.33.